The van der Waals surface area contributed by atoms with Gasteiger partial charge in [-0.1, -0.05) is 11.6 Å². The van der Waals surface area contributed by atoms with E-state index in [1.54, 1.807) is 6.07 Å². The van der Waals surface area contributed by atoms with Gasteiger partial charge in [0, 0.05) is 38.9 Å². The SMILES string of the molecule is O=C(Nc1ccc(Cl)cn1)C(=O)N1CCN(CCO)CC1. The van der Waals surface area contributed by atoms with Crippen LogP contribution in [0.25, 0.3) is 0 Å². The van der Waals surface area contributed by atoms with Crippen molar-refractivity contribution in [2.75, 3.05) is 44.6 Å². The molecule has 7 nitrogen and oxygen atoms in total. The van der Waals surface area contributed by atoms with Crippen molar-refractivity contribution in [1.29, 1.82) is 0 Å². The number of hydrogen-bond donors (Lipinski definition) is 2. The van der Waals surface area contributed by atoms with Crippen LogP contribution in [0.3, 0.4) is 0 Å². The molecule has 0 bridgehead atoms. The molecule has 0 aliphatic carbocycles. The van der Waals surface area contributed by atoms with Gasteiger partial charge in [-0.2, -0.15) is 0 Å². The summed E-state index contributed by atoms with van der Waals surface area (Å²) in [7, 11) is 0. The van der Waals surface area contributed by atoms with Crippen LogP contribution >= 0.6 is 11.6 Å². The lowest BCUT2D eigenvalue weighted by Gasteiger charge is -2.33. The number of halogens is 1. The number of anilines is 1. The fraction of sp³-hybridized carbons (Fsp3) is 0.462. The van der Waals surface area contributed by atoms with E-state index in [0.29, 0.717) is 37.7 Å². The minimum atomic E-state index is -0.708. The maximum Gasteiger partial charge on any atom is 0.315 e. The first-order valence-electron chi connectivity index (χ1n) is 6.65. The minimum absolute atomic E-state index is 0.0939. The summed E-state index contributed by atoms with van der Waals surface area (Å²) in [5.74, 6) is -0.993. The second kappa shape index (κ2) is 7.35. The average Bonchev–Trinajstić information content (AvgIpc) is 2.50. The molecule has 8 heteroatoms. The molecule has 1 aromatic rings. The van der Waals surface area contributed by atoms with Gasteiger partial charge >= 0.3 is 11.8 Å². The molecule has 1 aromatic heterocycles. The number of piperazine rings is 1. The van der Waals surface area contributed by atoms with Crippen molar-refractivity contribution in [3.8, 4) is 0 Å². The largest absolute Gasteiger partial charge is 0.395 e. The monoisotopic (exact) mass is 312 g/mol. The zero-order valence-electron chi connectivity index (χ0n) is 11.5. The Morgan fingerprint density at radius 1 is 1.29 bits per heavy atom. The van der Waals surface area contributed by atoms with Gasteiger partial charge in [0.25, 0.3) is 0 Å². The lowest BCUT2D eigenvalue weighted by Crippen LogP contribution is -2.52. The van der Waals surface area contributed by atoms with Crippen molar-refractivity contribution >= 4 is 29.2 Å². The zero-order valence-corrected chi connectivity index (χ0v) is 12.2. The number of aliphatic hydroxyl groups excluding tert-OH is 1. The van der Waals surface area contributed by atoms with Crippen LogP contribution in [0.2, 0.25) is 5.02 Å². The molecule has 21 heavy (non-hydrogen) atoms. The van der Waals surface area contributed by atoms with Crippen LogP contribution in [0, 0.1) is 0 Å². The molecular formula is C13H17ClN4O3. The van der Waals surface area contributed by atoms with Crippen molar-refractivity contribution in [3.63, 3.8) is 0 Å². The van der Waals surface area contributed by atoms with Gasteiger partial charge in [0.15, 0.2) is 0 Å². The normalized spacial score (nSPS) is 15.8. The number of amides is 2. The Labute approximate surface area is 127 Å². The van der Waals surface area contributed by atoms with E-state index in [0.717, 1.165) is 0 Å². The van der Waals surface area contributed by atoms with E-state index in [4.69, 9.17) is 16.7 Å². The first-order valence-corrected chi connectivity index (χ1v) is 7.03. The number of aromatic nitrogens is 1. The van der Waals surface area contributed by atoms with Gasteiger partial charge in [-0.3, -0.25) is 14.5 Å². The average molecular weight is 313 g/mol. The molecule has 2 N–H and O–H groups in total. The number of nitrogens with zero attached hydrogens (tertiary/aromatic N) is 3. The lowest BCUT2D eigenvalue weighted by molar-refractivity contribution is -0.144. The summed E-state index contributed by atoms with van der Waals surface area (Å²) < 4.78 is 0. The van der Waals surface area contributed by atoms with Gasteiger partial charge in [-0.25, -0.2) is 4.98 Å². The van der Waals surface area contributed by atoms with Crippen LogP contribution in [-0.4, -0.2) is 71.0 Å². The standard InChI is InChI=1S/C13H17ClN4O3/c14-10-1-2-11(15-9-10)16-12(20)13(21)18-5-3-17(4-6-18)7-8-19/h1-2,9,19H,3-8H2,(H,15,16,20). The molecule has 0 atom stereocenters. The van der Waals surface area contributed by atoms with Gasteiger partial charge in [0.2, 0.25) is 0 Å². The molecule has 1 saturated heterocycles. The number of hydrogen-bond acceptors (Lipinski definition) is 5. The van der Waals surface area contributed by atoms with Crippen LogP contribution in [-0.2, 0) is 9.59 Å². The maximum absolute atomic E-state index is 12.0. The van der Waals surface area contributed by atoms with Crippen LogP contribution in [0.15, 0.2) is 18.3 Å². The summed E-state index contributed by atoms with van der Waals surface area (Å²) in [5.41, 5.74) is 0. The van der Waals surface area contributed by atoms with E-state index in [-0.39, 0.29) is 12.4 Å². The Morgan fingerprint density at radius 2 is 2.00 bits per heavy atom. The van der Waals surface area contributed by atoms with Crippen molar-refractivity contribution in [2.45, 2.75) is 0 Å². The predicted octanol–water partition coefficient (Wildman–Crippen LogP) is -0.190. The number of pyridine rings is 1. The van der Waals surface area contributed by atoms with Gasteiger partial charge in [0.1, 0.15) is 5.82 Å². The molecule has 2 amide bonds. The Kier molecular flexibility index (Phi) is 5.49. The number of carbonyl (C=O) groups excluding carboxylic acids is 2. The Morgan fingerprint density at radius 3 is 2.57 bits per heavy atom. The van der Waals surface area contributed by atoms with Gasteiger partial charge in [-0.05, 0) is 12.1 Å². The highest BCUT2D eigenvalue weighted by atomic mass is 35.5. The highest BCUT2D eigenvalue weighted by Crippen LogP contribution is 2.10. The fourth-order valence-electron chi connectivity index (χ4n) is 2.08. The maximum atomic E-state index is 12.0. The predicted molar refractivity (Wildman–Crippen MR) is 78.0 cm³/mol. The summed E-state index contributed by atoms with van der Waals surface area (Å²) in [6.45, 7) is 2.93. The molecule has 2 rings (SSSR count). The Hall–Kier alpha value is -1.70. The van der Waals surface area contributed by atoms with Crippen molar-refractivity contribution < 1.29 is 14.7 Å². The number of nitrogens with one attached hydrogen (secondary N) is 1. The van der Waals surface area contributed by atoms with E-state index in [2.05, 4.69) is 10.3 Å². The topological polar surface area (TPSA) is 85.8 Å². The first kappa shape index (κ1) is 15.7. The quantitative estimate of drug-likeness (QED) is 0.756. The summed E-state index contributed by atoms with van der Waals surface area (Å²) >= 11 is 5.70. The molecule has 114 valence electrons. The van der Waals surface area contributed by atoms with Crippen LogP contribution in [0.5, 0.6) is 0 Å². The Balaban J connectivity index is 1.85. The first-order chi connectivity index (χ1) is 10.1. The molecule has 0 radical (unpaired) electrons. The molecular weight excluding hydrogens is 296 g/mol. The van der Waals surface area contributed by atoms with Crippen molar-refractivity contribution in [1.82, 2.24) is 14.8 Å². The summed E-state index contributed by atoms with van der Waals surface area (Å²) in [5, 5.41) is 11.8. The fourth-order valence-corrected chi connectivity index (χ4v) is 2.19. The second-order valence-electron chi connectivity index (χ2n) is 4.67. The van der Waals surface area contributed by atoms with Crippen LogP contribution < -0.4 is 5.32 Å². The minimum Gasteiger partial charge on any atom is -0.395 e. The van der Waals surface area contributed by atoms with Crippen molar-refractivity contribution in [2.24, 2.45) is 0 Å². The van der Waals surface area contributed by atoms with E-state index in [1.807, 2.05) is 4.90 Å². The van der Waals surface area contributed by atoms with E-state index in [1.165, 1.54) is 17.2 Å². The second-order valence-corrected chi connectivity index (χ2v) is 5.11. The van der Waals surface area contributed by atoms with Crippen molar-refractivity contribution in [3.05, 3.63) is 23.4 Å². The molecule has 1 aliphatic rings. The summed E-state index contributed by atoms with van der Waals surface area (Å²) in [4.78, 5) is 31.4. The molecule has 0 unspecified atom stereocenters. The molecule has 2 heterocycles. The number of aliphatic hydroxyl groups is 1. The van der Waals surface area contributed by atoms with E-state index >= 15 is 0 Å². The smallest absolute Gasteiger partial charge is 0.315 e. The van der Waals surface area contributed by atoms with Gasteiger partial charge < -0.3 is 15.3 Å². The third-order valence-corrected chi connectivity index (χ3v) is 3.46. The van der Waals surface area contributed by atoms with Gasteiger partial charge in [-0.15, -0.1) is 0 Å². The highest BCUT2D eigenvalue weighted by Gasteiger charge is 2.25. The number of carbonyl (C=O) groups is 2. The third kappa shape index (κ3) is 4.38. The van der Waals surface area contributed by atoms with E-state index in [9.17, 15) is 9.59 Å². The van der Waals surface area contributed by atoms with Crippen LogP contribution in [0.4, 0.5) is 5.82 Å². The molecule has 1 fully saturated rings. The highest BCUT2D eigenvalue weighted by molar-refractivity contribution is 6.39. The van der Waals surface area contributed by atoms with Crippen LogP contribution in [0.1, 0.15) is 0 Å². The molecule has 0 saturated carbocycles. The summed E-state index contributed by atoms with van der Waals surface area (Å²) in [6.07, 6.45) is 1.40. The number of rotatable bonds is 3. The summed E-state index contributed by atoms with van der Waals surface area (Å²) in [6, 6.07) is 3.12. The van der Waals surface area contributed by atoms with E-state index < -0.39 is 11.8 Å². The zero-order chi connectivity index (χ0) is 15.2. The lowest BCUT2D eigenvalue weighted by atomic mass is 10.3. The Bertz CT molecular complexity index is 501. The molecule has 1 aliphatic heterocycles. The number of β-amino-alcohol motifs (C(OH)–C–C–N with tert-alkyl or cyclic N) is 1. The van der Waals surface area contributed by atoms with Gasteiger partial charge in [0.05, 0.1) is 11.6 Å². The third-order valence-electron chi connectivity index (χ3n) is 3.24. The molecule has 0 spiro atoms. The molecule has 0 aromatic carbocycles.